The van der Waals surface area contributed by atoms with Gasteiger partial charge < -0.3 is 18.6 Å². The third-order valence-electron chi connectivity index (χ3n) is 12.3. The molecule has 2 heterocycles. The fourth-order valence-corrected chi connectivity index (χ4v) is 9.46. The summed E-state index contributed by atoms with van der Waals surface area (Å²) in [5.74, 6) is 0.374. The van der Waals surface area contributed by atoms with Gasteiger partial charge in [0.05, 0.1) is 30.5 Å². The lowest BCUT2D eigenvalue weighted by Gasteiger charge is -2.54. The summed E-state index contributed by atoms with van der Waals surface area (Å²) < 4.78 is 22.0. The van der Waals surface area contributed by atoms with Crippen molar-refractivity contribution in [2.75, 3.05) is 31.6 Å². The number of aromatic nitrogens is 4. The number of hydrogen-bond donors (Lipinski definition) is 1. The first-order chi connectivity index (χ1) is 22.9. The normalized spacial score (nSPS) is 21.8. The first kappa shape index (κ1) is 43.0. The fraction of sp³-hybridized carbons (Fsp3) is 0.816. The second-order valence-corrected chi connectivity index (χ2v) is 33.7. The van der Waals surface area contributed by atoms with E-state index in [1.165, 1.54) is 30.4 Å². The molecule has 1 saturated heterocycles. The van der Waals surface area contributed by atoms with E-state index in [0.29, 0.717) is 12.5 Å². The van der Waals surface area contributed by atoms with Crippen molar-refractivity contribution in [3.63, 3.8) is 0 Å². The number of nitrogens with one attached hydrogen (secondary N) is 1. The Kier molecular flexibility index (Phi) is 14.4. The lowest BCUT2D eigenvalue weighted by atomic mass is 9.88. The molecule has 1 aliphatic rings. The van der Waals surface area contributed by atoms with E-state index < -0.39 is 25.0 Å². The van der Waals surface area contributed by atoms with Gasteiger partial charge in [-0.25, -0.2) is 0 Å². The average molecular weight is 747 g/mol. The monoisotopic (exact) mass is 747 g/mol. The molecule has 1 aromatic carbocycles. The second-order valence-electron chi connectivity index (χ2n) is 19.4. The zero-order valence-corrected chi connectivity index (χ0v) is 37.8. The van der Waals surface area contributed by atoms with E-state index in [0.717, 1.165) is 37.4 Å². The van der Waals surface area contributed by atoms with Gasteiger partial charge in [-0.3, -0.25) is 4.90 Å². The number of tetrazole rings is 1. The van der Waals surface area contributed by atoms with Crippen LogP contribution in [0.2, 0.25) is 54.4 Å². The maximum Gasteiger partial charge on any atom is 0.192 e. The lowest BCUT2D eigenvalue weighted by molar-refractivity contribution is -0.101. The van der Waals surface area contributed by atoms with Gasteiger partial charge in [-0.2, -0.15) is 0 Å². The minimum atomic E-state index is -2.12. The van der Waals surface area contributed by atoms with Crippen LogP contribution < -0.4 is 5.32 Å². The molecule has 50 heavy (non-hydrogen) atoms. The SMILES string of the molecule is C[C@H]1CN(CCCCCCNc2ccc(-n3ncnn3)cc2)[C@H](CO[Si](C)(C)C(C)(C)C)[C@@H](O[Si](C)(C)C(C)(C)C)[C@@H]1O[Si](C)(C)C(C)(C)C. The maximum atomic E-state index is 7.52. The minimum absolute atomic E-state index is 0.0190. The summed E-state index contributed by atoms with van der Waals surface area (Å²) in [6, 6.07) is 8.35. The molecule has 2 aromatic rings. The smallest absolute Gasteiger partial charge is 0.192 e. The van der Waals surface area contributed by atoms with Gasteiger partial charge in [-0.05, 0) is 109 Å². The highest BCUT2D eigenvalue weighted by molar-refractivity contribution is 6.75. The number of hydrogen-bond acceptors (Lipinski definition) is 8. The number of unbranched alkanes of at least 4 members (excludes halogenated alkanes) is 3. The zero-order chi connectivity index (χ0) is 37.8. The van der Waals surface area contributed by atoms with Crippen LogP contribution in [0, 0.1) is 5.92 Å². The molecule has 0 unspecified atom stereocenters. The molecule has 0 spiro atoms. The minimum Gasteiger partial charge on any atom is -0.415 e. The zero-order valence-electron chi connectivity index (χ0n) is 34.8. The van der Waals surface area contributed by atoms with E-state index in [9.17, 15) is 0 Å². The molecule has 1 aliphatic heterocycles. The molecule has 12 heteroatoms. The standard InChI is InChI=1S/C38H74N6O3Si3/c1-30-27-43(26-20-18-17-19-25-39-31-21-23-32(24-22-31)44-41-29-40-42-44)33(28-45-48(11,12)36(2,3)4)35(47-50(15,16)38(8,9)10)34(30)46-49(13,14)37(5,6)7/h21-24,29-30,33-35,39H,17-20,25-28H2,1-16H3/t30-,33+,34+,35+/m0/s1. The highest BCUT2D eigenvalue weighted by atomic mass is 28.4. The number of piperidine rings is 1. The van der Waals surface area contributed by atoms with Crippen LogP contribution in [0.25, 0.3) is 5.69 Å². The summed E-state index contributed by atoms with van der Waals surface area (Å²) in [4.78, 5) is 4.26. The Morgan fingerprint density at radius 2 is 1.28 bits per heavy atom. The number of anilines is 1. The van der Waals surface area contributed by atoms with Gasteiger partial charge in [0.2, 0.25) is 0 Å². The Hall–Kier alpha value is -1.42. The Morgan fingerprint density at radius 3 is 1.80 bits per heavy atom. The van der Waals surface area contributed by atoms with Crippen molar-refractivity contribution >= 4 is 30.6 Å². The second kappa shape index (κ2) is 16.7. The largest absolute Gasteiger partial charge is 0.415 e. The first-order valence-electron chi connectivity index (χ1n) is 19.2. The van der Waals surface area contributed by atoms with Crippen LogP contribution in [0.5, 0.6) is 0 Å². The molecular weight excluding hydrogens is 673 g/mol. The van der Waals surface area contributed by atoms with E-state index >= 15 is 0 Å². The highest BCUT2D eigenvalue weighted by Crippen LogP contribution is 2.44. The van der Waals surface area contributed by atoms with Crippen molar-refractivity contribution < 1.29 is 13.3 Å². The van der Waals surface area contributed by atoms with Gasteiger partial charge in [0.15, 0.2) is 31.3 Å². The van der Waals surface area contributed by atoms with Crippen LogP contribution in [0.3, 0.4) is 0 Å². The van der Waals surface area contributed by atoms with Gasteiger partial charge in [-0.1, -0.05) is 82.1 Å². The van der Waals surface area contributed by atoms with Gasteiger partial charge in [0, 0.05) is 18.8 Å². The molecular formula is C38H74N6O3Si3. The fourth-order valence-electron chi connectivity index (χ4n) is 5.71. The average Bonchev–Trinajstić information content (AvgIpc) is 3.52. The van der Waals surface area contributed by atoms with E-state index in [1.54, 1.807) is 0 Å². The molecule has 1 fully saturated rings. The molecule has 286 valence electrons. The molecule has 0 amide bonds. The van der Waals surface area contributed by atoms with Crippen LogP contribution in [0.1, 0.15) is 94.9 Å². The number of benzene rings is 1. The molecule has 3 rings (SSSR count). The third kappa shape index (κ3) is 11.3. The predicted octanol–water partition coefficient (Wildman–Crippen LogP) is 9.76. The third-order valence-corrected chi connectivity index (χ3v) is 25.7. The van der Waals surface area contributed by atoms with Crippen molar-refractivity contribution in [1.82, 2.24) is 25.1 Å². The maximum absolute atomic E-state index is 7.52. The Bertz CT molecular complexity index is 1300. The summed E-state index contributed by atoms with van der Waals surface area (Å²) in [5.41, 5.74) is 2.02. The highest BCUT2D eigenvalue weighted by Gasteiger charge is 2.52. The summed E-state index contributed by atoms with van der Waals surface area (Å²) >= 11 is 0. The molecule has 0 aliphatic carbocycles. The Balaban J connectivity index is 1.73. The van der Waals surface area contributed by atoms with Crippen molar-refractivity contribution in [3.05, 3.63) is 30.6 Å². The van der Waals surface area contributed by atoms with Crippen LogP contribution in [0.4, 0.5) is 5.69 Å². The first-order valence-corrected chi connectivity index (χ1v) is 27.9. The molecule has 0 bridgehead atoms. The van der Waals surface area contributed by atoms with Gasteiger partial charge >= 0.3 is 0 Å². The van der Waals surface area contributed by atoms with E-state index in [-0.39, 0.29) is 33.4 Å². The number of nitrogens with zero attached hydrogens (tertiary/aromatic N) is 5. The summed E-state index contributed by atoms with van der Waals surface area (Å²) in [6.07, 6.45) is 6.20. The Labute approximate surface area is 309 Å². The summed E-state index contributed by atoms with van der Waals surface area (Å²) in [5, 5.41) is 15.8. The molecule has 4 atom stereocenters. The van der Waals surface area contributed by atoms with Gasteiger partial charge in [0.25, 0.3) is 0 Å². The van der Waals surface area contributed by atoms with Gasteiger partial charge in [-0.15, -0.1) is 15.0 Å². The predicted molar refractivity (Wildman–Crippen MR) is 218 cm³/mol. The van der Waals surface area contributed by atoms with Crippen LogP contribution >= 0.6 is 0 Å². The van der Waals surface area contributed by atoms with E-state index in [2.05, 4.69) is 146 Å². The molecule has 0 saturated carbocycles. The lowest BCUT2D eigenvalue weighted by Crippen LogP contribution is -2.66. The topological polar surface area (TPSA) is 86.6 Å². The molecule has 1 aromatic heterocycles. The number of likely N-dealkylation sites (tertiary alicyclic amines) is 1. The van der Waals surface area contributed by atoms with Crippen LogP contribution in [-0.4, -0.2) is 94.6 Å². The molecule has 0 radical (unpaired) electrons. The summed E-state index contributed by atoms with van der Waals surface area (Å²) in [6.45, 7) is 41.7. The van der Waals surface area contributed by atoms with E-state index in [4.69, 9.17) is 13.3 Å². The number of rotatable bonds is 16. The van der Waals surface area contributed by atoms with Gasteiger partial charge in [0.1, 0.15) is 0 Å². The quantitative estimate of drug-likeness (QED) is 0.134. The van der Waals surface area contributed by atoms with Crippen LogP contribution in [0.15, 0.2) is 30.6 Å². The van der Waals surface area contributed by atoms with Crippen molar-refractivity contribution in [3.8, 4) is 5.69 Å². The summed E-state index contributed by atoms with van der Waals surface area (Å²) in [7, 11) is -6.15. The van der Waals surface area contributed by atoms with E-state index in [1.807, 2.05) is 12.1 Å². The Morgan fingerprint density at radius 1 is 0.740 bits per heavy atom. The van der Waals surface area contributed by atoms with Crippen molar-refractivity contribution in [2.24, 2.45) is 5.92 Å². The molecule has 1 N–H and O–H groups in total. The van der Waals surface area contributed by atoms with Crippen LogP contribution in [-0.2, 0) is 13.3 Å². The molecule has 9 nitrogen and oxygen atoms in total. The van der Waals surface area contributed by atoms with Crippen molar-refractivity contribution in [2.45, 2.75) is 168 Å². The van der Waals surface area contributed by atoms with Crippen molar-refractivity contribution in [1.29, 1.82) is 0 Å².